The fourth-order valence-electron chi connectivity index (χ4n) is 1.12. The van der Waals surface area contributed by atoms with Crippen molar-refractivity contribution in [2.75, 3.05) is 5.43 Å². The Bertz CT molecular complexity index is 601. The number of rotatable bonds is 3. The van der Waals surface area contributed by atoms with E-state index in [0.717, 1.165) is 4.88 Å². The van der Waals surface area contributed by atoms with Gasteiger partial charge in [-0.1, -0.05) is 0 Å². The van der Waals surface area contributed by atoms with E-state index in [9.17, 15) is 4.79 Å². The number of aromatic nitrogens is 3. The summed E-state index contributed by atoms with van der Waals surface area (Å²) in [4.78, 5) is 16.0. The van der Waals surface area contributed by atoms with Crippen LogP contribution < -0.4 is 11.0 Å². The highest BCUT2D eigenvalue weighted by molar-refractivity contribution is 7.13. The van der Waals surface area contributed by atoms with E-state index in [2.05, 4.69) is 25.7 Å². The number of anilines is 1. The van der Waals surface area contributed by atoms with Crippen LogP contribution in [0.5, 0.6) is 0 Å². The molecule has 0 aromatic carbocycles. The summed E-state index contributed by atoms with van der Waals surface area (Å²) in [5, 5.41) is 11.4. The summed E-state index contributed by atoms with van der Waals surface area (Å²) in [6.07, 6.45) is 1.66. The zero-order chi connectivity index (χ0) is 12.3. The van der Waals surface area contributed by atoms with Crippen molar-refractivity contribution in [2.24, 2.45) is 5.10 Å². The van der Waals surface area contributed by atoms with E-state index in [1.54, 1.807) is 24.5 Å². The zero-order valence-electron chi connectivity index (χ0n) is 9.39. The third kappa shape index (κ3) is 2.97. The topological polar surface area (TPSA) is 83.0 Å². The van der Waals surface area contributed by atoms with Crippen LogP contribution in [0.15, 0.2) is 22.0 Å². The van der Waals surface area contributed by atoms with Gasteiger partial charge < -0.3 is 0 Å². The number of hydrogen-bond acceptors (Lipinski definition) is 6. The van der Waals surface area contributed by atoms with Gasteiger partial charge >= 0.3 is 0 Å². The van der Waals surface area contributed by atoms with Crippen LogP contribution in [0.2, 0.25) is 0 Å². The van der Waals surface area contributed by atoms with E-state index < -0.39 is 0 Å². The SMILES string of the molecule is Cc1ccc(/C=N/Nc2nnc(C)c(=O)[nH]2)s1. The third-order valence-electron chi connectivity index (χ3n) is 1.98. The Morgan fingerprint density at radius 3 is 2.88 bits per heavy atom. The van der Waals surface area contributed by atoms with E-state index in [0.29, 0.717) is 5.69 Å². The number of thiophene rings is 1. The monoisotopic (exact) mass is 249 g/mol. The molecule has 2 N–H and O–H groups in total. The molecule has 0 spiro atoms. The first-order valence-corrected chi connectivity index (χ1v) is 5.76. The molecule has 2 aromatic rings. The van der Waals surface area contributed by atoms with Crippen LogP contribution in [0.4, 0.5) is 5.95 Å². The van der Waals surface area contributed by atoms with E-state index in [1.165, 1.54) is 4.88 Å². The summed E-state index contributed by atoms with van der Waals surface area (Å²) < 4.78 is 0. The highest BCUT2D eigenvalue weighted by Gasteiger charge is 1.97. The van der Waals surface area contributed by atoms with Crippen LogP contribution in [0.3, 0.4) is 0 Å². The van der Waals surface area contributed by atoms with Gasteiger partial charge in [0, 0.05) is 9.75 Å². The summed E-state index contributed by atoms with van der Waals surface area (Å²) in [5.74, 6) is 0.227. The van der Waals surface area contributed by atoms with Crippen LogP contribution in [-0.2, 0) is 0 Å². The maximum Gasteiger partial charge on any atom is 0.274 e. The predicted molar refractivity (Wildman–Crippen MR) is 67.7 cm³/mol. The minimum Gasteiger partial charge on any atom is -0.288 e. The van der Waals surface area contributed by atoms with Gasteiger partial charge in [0.25, 0.3) is 5.56 Å². The molecule has 0 bridgehead atoms. The molecule has 6 nitrogen and oxygen atoms in total. The van der Waals surface area contributed by atoms with Gasteiger partial charge in [-0.05, 0) is 26.0 Å². The maximum absolute atomic E-state index is 11.2. The van der Waals surface area contributed by atoms with Crippen LogP contribution >= 0.6 is 11.3 Å². The zero-order valence-corrected chi connectivity index (χ0v) is 10.2. The van der Waals surface area contributed by atoms with Crippen molar-refractivity contribution >= 4 is 23.5 Å². The van der Waals surface area contributed by atoms with Gasteiger partial charge in [0.2, 0.25) is 5.95 Å². The van der Waals surface area contributed by atoms with Gasteiger partial charge in [-0.3, -0.25) is 9.78 Å². The Kier molecular flexibility index (Phi) is 3.29. The lowest BCUT2D eigenvalue weighted by molar-refractivity contribution is 0.897. The Morgan fingerprint density at radius 1 is 1.41 bits per heavy atom. The van der Waals surface area contributed by atoms with Crippen LogP contribution in [-0.4, -0.2) is 21.4 Å². The van der Waals surface area contributed by atoms with Gasteiger partial charge in [-0.2, -0.15) is 5.10 Å². The lowest BCUT2D eigenvalue weighted by atomic mass is 10.4. The fourth-order valence-corrected chi connectivity index (χ4v) is 1.87. The van der Waals surface area contributed by atoms with Gasteiger partial charge in [-0.15, -0.1) is 21.5 Å². The molecule has 0 fully saturated rings. The second kappa shape index (κ2) is 4.88. The van der Waals surface area contributed by atoms with E-state index >= 15 is 0 Å². The molecule has 0 amide bonds. The predicted octanol–water partition coefficient (Wildman–Crippen LogP) is 1.29. The molecular weight excluding hydrogens is 238 g/mol. The molecule has 0 radical (unpaired) electrons. The number of aryl methyl sites for hydroxylation is 2. The van der Waals surface area contributed by atoms with E-state index in [1.807, 2.05) is 19.1 Å². The molecule has 88 valence electrons. The normalized spacial score (nSPS) is 10.9. The minimum atomic E-state index is -0.273. The van der Waals surface area contributed by atoms with Crippen molar-refractivity contribution in [3.63, 3.8) is 0 Å². The first kappa shape index (κ1) is 11.5. The summed E-state index contributed by atoms with van der Waals surface area (Å²) in [6, 6.07) is 3.98. The standard InChI is InChI=1S/C10H11N5OS/c1-6-3-4-8(17-6)5-11-14-10-12-9(16)7(2)13-15-10/h3-5H,1-2H3,(H2,12,14,15,16)/b11-5+. The van der Waals surface area contributed by atoms with E-state index in [-0.39, 0.29) is 11.5 Å². The van der Waals surface area contributed by atoms with Crippen LogP contribution in [0.25, 0.3) is 0 Å². The molecule has 2 heterocycles. The fraction of sp³-hybridized carbons (Fsp3) is 0.200. The first-order chi connectivity index (χ1) is 8.15. The maximum atomic E-state index is 11.2. The summed E-state index contributed by atoms with van der Waals surface area (Å²) >= 11 is 1.63. The highest BCUT2D eigenvalue weighted by atomic mass is 32.1. The van der Waals surface area contributed by atoms with E-state index in [4.69, 9.17) is 0 Å². The second-order valence-electron chi connectivity index (χ2n) is 3.41. The summed E-state index contributed by atoms with van der Waals surface area (Å²) in [7, 11) is 0. The average molecular weight is 249 g/mol. The van der Waals surface area contributed by atoms with Crippen molar-refractivity contribution in [3.05, 3.63) is 37.9 Å². The Morgan fingerprint density at radius 2 is 2.24 bits per heavy atom. The number of nitrogens with zero attached hydrogens (tertiary/aromatic N) is 3. The van der Waals surface area contributed by atoms with Gasteiger partial charge in [0.05, 0.1) is 6.21 Å². The number of hydrazone groups is 1. The quantitative estimate of drug-likeness (QED) is 0.634. The molecule has 7 heteroatoms. The Hall–Kier alpha value is -2.02. The largest absolute Gasteiger partial charge is 0.288 e. The smallest absolute Gasteiger partial charge is 0.274 e. The molecule has 17 heavy (non-hydrogen) atoms. The first-order valence-electron chi connectivity index (χ1n) is 4.94. The van der Waals surface area contributed by atoms with Crippen molar-refractivity contribution in [1.82, 2.24) is 15.2 Å². The van der Waals surface area contributed by atoms with Crippen molar-refractivity contribution in [3.8, 4) is 0 Å². The highest BCUT2D eigenvalue weighted by Crippen LogP contribution is 2.12. The van der Waals surface area contributed by atoms with Gasteiger partial charge in [-0.25, -0.2) is 5.43 Å². The minimum absolute atomic E-state index is 0.227. The van der Waals surface area contributed by atoms with Gasteiger partial charge in [0.15, 0.2) is 0 Å². The molecular formula is C10H11N5OS. The number of hydrogen-bond donors (Lipinski definition) is 2. The molecule has 0 unspecified atom stereocenters. The molecule has 0 aliphatic rings. The molecule has 0 atom stereocenters. The van der Waals surface area contributed by atoms with Crippen molar-refractivity contribution < 1.29 is 0 Å². The van der Waals surface area contributed by atoms with Crippen molar-refractivity contribution in [1.29, 1.82) is 0 Å². The Labute approximate surface area is 101 Å². The third-order valence-corrected chi connectivity index (χ3v) is 2.92. The summed E-state index contributed by atoms with van der Waals surface area (Å²) in [5.41, 5.74) is 2.67. The van der Waals surface area contributed by atoms with Crippen LogP contribution in [0.1, 0.15) is 15.4 Å². The molecule has 0 saturated heterocycles. The number of nitrogens with one attached hydrogen (secondary N) is 2. The number of aromatic amines is 1. The Balaban J connectivity index is 2.04. The number of H-pyrrole nitrogens is 1. The van der Waals surface area contributed by atoms with Crippen LogP contribution in [0, 0.1) is 13.8 Å². The second-order valence-corrected chi connectivity index (χ2v) is 4.73. The average Bonchev–Trinajstić information content (AvgIpc) is 2.70. The lowest BCUT2D eigenvalue weighted by Gasteiger charge is -1.96. The van der Waals surface area contributed by atoms with Crippen molar-refractivity contribution in [2.45, 2.75) is 13.8 Å². The molecule has 0 aliphatic heterocycles. The molecule has 0 aliphatic carbocycles. The summed E-state index contributed by atoms with van der Waals surface area (Å²) in [6.45, 7) is 3.62. The molecule has 2 aromatic heterocycles. The molecule has 0 saturated carbocycles. The molecule has 2 rings (SSSR count). The lowest BCUT2D eigenvalue weighted by Crippen LogP contribution is -2.15. The van der Waals surface area contributed by atoms with Gasteiger partial charge in [0.1, 0.15) is 5.69 Å².